The van der Waals surface area contributed by atoms with Gasteiger partial charge in [-0.25, -0.2) is 4.57 Å². The molecular formula is C45H75O14P. The maximum absolute atomic E-state index is 12.8. The van der Waals surface area contributed by atoms with Gasteiger partial charge in [-0.2, -0.15) is 0 Å². The van der Waals surface area contributed by atoms with E-state index in [0.717, 1.165) is 96.3 Å². The van der Waals surface area contributed by atoms with Crippen molar-refractivity contribution in [1.82, 2.24) is 0 Å². The Balaban J connectivity index is 2.53. The van der Waals surface area contributed by atoms with E-state index in [1.165, 1.54) is 0 Å². The summed E-state index contributed by atoms with van der Waals surface area (Å²) in [6, 6.07) is 0. The van der Waals surface area contributed by atoms with Crippen LogP contribution in [0.15, 0.2) is 72.9 Å². The molecule has 14 nitrogen and oxygen atoms in total. The average Bonchev–Trinajstić information content (AvgIpc) is 3.23. The number of aliphatic hydroxyl groups excluding tert-OH is 6. The Hall–Kier alpha value is -2.75. The number of ether oxygens (including phenoxy) is 2. The molecule has 3 unspecified atom stereocenters. The number of allylic oxidation sites excluding steroid dienone is 12. The van der Waals surface area contributed by atoms with Crippen LogP contribution in [0.1, 0.15) is 135 Å². The summed E-state index contributed by atoms with van der Waals surface area (Å²) in [6.07, 6.45) is 28.4. The van der Waals surface area contributed by atoms with Gasteiger partial charge < -0.3 is 45.0 Å². The summed E-state index contributed by atoms with van der Waals surface area (Å²) >= 11 is 0. The van der Waals surface area contributed by atoms with Crippen LogP contribution in [0.2, 0.25) is 0 Å². The first kappa shape index (κ1) is 55.3. The molecule has 1 aliphatic rings. The van der Waals surface area contributed by atoms with Gasteiger partial charge >= 0.3 is 19.8 Å². The molecule has 0 heterocycles. The molecule has 15 heteroatoms. The smallest absolute Gasteiger partial charge is 0.462 e. The third-order valence-corrected chi connectivity index (χ3v) is 10.5. The van der Waals surface area contributed by atoms with Crippen LogP contribution in [0.5, 0.6) is 0 Å². The van der Waals surface area contributed by atoms with E-state index in [-0.39, 0.29) is 19.4 Å². The van der Waals surface area contributed by atoms with E-state index in [2.05, 4.69) is 67.7 Å². The Morgan fingerprint density at radius 3 is 1.52 bits per heavy atom. The Morgan fingerprint density at radius 1 is 0.550 bits per heavy atom. The molecule has 60 heavy (non-hydrogen) atoms. The van der Waals surface area contributed by atoms with Gasteiger partial charge in [-0.15, -0.1) is 0 Å². The molecule has 0 aromatic heterocycles. The second-order valence-electron chi connectivity index (χ2n) is 14.9. The van der Waals surface area contributed by atoms with Crippen molar-refractivity contribution in [2.24, 2.45) is 0 Å². The van der Waals surface area contributed by atoms with Gasteiger partial charge in [0.2, 0.25) is 0 Å². The first-order valence-corrected chi connectivity index (χ1v) is 23.3. The van der Waals surface area contributed by atoms with E-state index in [1.54, 1.807) is 0 Å². The lowest BCUT2D eigenvalue weighted by Gasteiger charge is -2.41. The first-order chi connectivity index (χ1) is 28.9. The van der Waals surface area contributed by atoms with Gasteiger partial charge in [0, 0.05) is 19.4 Å². The van der Waals surface area contributed by atoms with Gasteiger partial charge in [0.05, 0.1) is 6.61 Å². The minimum Gasteiger partial charge on any atom is -0.462 e. The fraction of sp³-hybridized carbons (Fsp3) is 0.689. The Kier molecular flexibility index (Phi) is 33.0. The molecule has 0 aromatic rings. The highest BCUT2D eigenvalue weighted by atomic mass is 31.2. The molecular weight excluding hydrogens is 795 g/mol. The van der Waals surface area contributed by atoms with E-state index in [4.69, 9.17) is 23.6 Å². The van der Waals surface area contributed by atoms with E-state index < -0.39 is 75.7 Å². The van der Waals surface area contributed by atoms with E-state index in [1.807, 2.05) is 12.2 Å². The molecule has 0 amide bonds. The van der Waals surface area contributed by atoms with Crippen molar-refractivity contribution in [3.8, 4) is 0 Å². The number of hydrogen-bond acceptors (Lipinski definition) is 13. The highest BCUT2D eigenvalue weighted by molar-refractivity contribution is 7.47. The van der Waals surface area contributed by atoms with Crippen LogP contribution in [-0.4, -0.2) is 110 Å². The number of unbranched alkanes of at least 4 members (excludes halogenated alkanes) is 10. The van der Waals surface area contributed by atoms with Crippen molar-refractivity contribution in [3.63, 3.8) is 0 Å². The fourth-order valence-corrected chi connectivity index (χ4v) is 6.97. The number of rotatable bonds is 35. The number of aliphatic hydroxyl groups is 6. The summed E-state index contributed by atoms with van der Waals surface area (Å²) in [4.78, 5) is 35.6. The van der Waals surface area contributed by atoms with Gasteiger partial charge in [0.15, 0.2) is 6.10 Å². The summed E-state index contributed by atoms with van der Waals surface area (Å²) in [5, 5.41) is 58.8. The molecule has 1 fully saturated rings. The lowest BCUT2D eigenvalue weighted by atomic mass is 9.85. The molecule has 0 spiro atoms. The van der Waals surface area contributed by atoms with Crippen LogP contribution in [0.25, 0.3) is 0 Å². The van der Waals surface area contributed by atoms with Crippen molar-refractivity contribution in [2.75, 3.05) is 19.8 Å². The van der Waals surface area contributed by atoms with Crippen molar-refractivity contribution in [3.05, 3.63) is 72.9 Å². The SMILES string of the molecule is CCC/C=C\C/C=C\CCCCCCCC(=O)O[C@H](COC(=O)CCC/C=C\C/C=C\C/C=C\C/C=C\CCCCCO)COP(=O)(O)OC1[C@H](O)[C@H](O)C(O)[C@H](O)[C@H]1O. The Morgan fingerprint density at radius 2 is 0.983 bits per heavy atom. The van der Waals surface area contributed by atoms with Gasteiger partial charge in [-0.1, -0.05) is 112 Å². The number of carbonyl (C=O) groups is 2. The highest BCUT2D eigenvalue weighted by Crippen LogP contribution is 2.47. The molecule has 0 saturated heterocycles. The largest absolute Gasteiger partial charge is 0.472 e. The number of hydrogen-bond donors (Lipinski definition) is 7. The monoisotopic (exact) mass is 870 g/mol. The molecule has 8 atom stereocenters. The van der Waals surface area contributed by atoms with Crippen LogP contribution >= 0.6 is 7.82 Å². The molecule has 0 aliphatic heterocycles. The van der Waals surface area contributed by atoms with Gasteiger partial charge in [0.1, 0.15) is 43.2 Å². The van der Waals surface area contributed by atoms with Crippen molar-refractivity contribution in [1.29, 1.82) is 0 Å². The van der Waals surface area contributed by atoms with E-state index in [0.29, 0.717) is 19.3 Å². The molecule has 1 saturated carbocycles. The predicted molar refractivity (Wildman–Crippen MR) is 231 cm³/mol. The Labute approximate surface area is 358 Å². The summed E-state index contributed by atoms with van der Waals surface area (Å²) in [6.45, 7) is 1.15. The molecule has 344 valence electrons. The van der Waals surface area contributed by atoms with Crippen LogP contribution in [0.4, 0.5) is 0 Å². The second-order valence-corrected chi connectivity index (χ2v) is 16.3. The molecule has 0 aromatic carbocycles. The third kappa shape index (κ3) is 28.0. The summed E-state index contributed by atoms with van der Waals surface area (Å²) < 4.78 is 33.4. The van der Waals surface area contributed by atoms with Gasteiger partial charge in [-0.3, -0.25) is 18.6 Å². The lowest BCUT2D eigenvalue weighted by Crippen LogP contribution is -2.64. The van der Waals surface area contributed by atoms with Crippen molar-refractivity contribution >= 4 is 19.8 Å². The summed E-state index contributed by atoms with van der Waals surface area (Å²) in [5.41, 5.74) is 0. The molecule has 1 aliphatic carbocycles. The number of phosphoric acid groups is 1. The average molecular weight is 871 g/mol. The van der Waals surface area contributed by atoms with Crippen LogP contribution in [-0.2, 0) is 32.7 Å². The van der Waals surface area contributed by atoms with Crippen LogP contribution < -0.4 is 0 Å². The maximum atomic E-state index is 12.8. The highest BCUT2D eigenvalue weighted by Gasteiger charge is 2.51. The lowest BCUT2D eigenvalue weighted by molar-refractivity contribution is -0.220. The summed E-state index contributed by atoms with van der Waals surface area (Å²) in [7, 11) is -5.14. The topological polar surface area (TPSA) is 230 Å². The van der Waals surface area contributed by atoms with Gasteiger partial charge in [-0.05, 0) is 83.5 Å². The fourth-order valence-electron chi connectivity index (χ4n) is 6.00. The van der Waals surface area contributed by atoms with E-state index >= 15 is 0 Å². The van der Waals surface area contributed by atoms with Crippen molar-refractivity contribution < 1.29 is 68.2 Å². The molecule has 0 radical (unpaired) electrons. The first-order valence-electron chi connectivity index (χ1n) is 21.8. The zero-order valence-corrected chi connectivity index (χ0v) is 36.6. The zero-order valence-electron chi connectivity index (χ0n) is 35.7. The van der Waals surface area contributed by atoms with E-state index in [9.17, 15) is 44.6 Å². The number of carbonyl (C=O) groups excluding carboxylic acids is 2. The minimum absolute atomic E-state index is 0.0594. The molecule has 1 rings (SSSR count). The van der Waals surface area contributed by atoms with Gasteiger partial charge in [0.25, 0.3) is 0 Å². The third-order valence-electron chi connectivity index (χ3n) is 9.56. The maximum Gasteiger partial charge on any atom is 0.472 e. The quantitative estimate of drug-likeness (QED) is 0.0149. The molecule has 7 N–H and O–H groups in total. The Bertz CT molecular complexity index is 1330. The molecule has 0 bridgehead atoms. The summed E-state index contributed by atoms with van der Waals surface area (Å²) in [5.74, 6) is -1.20. The van der Waals surface area contributed by atoms with Crippen LogP contribution in [0.3, 0.4) is 0 Å². The minimum atomic E-state index is -5.14. The second kappa shape index (κ2) is 35.8. The zero-order chi connectivity index (χ0) is 44.3. The predicted octanol–water partition coefficient (Wildman–Crippen LogP) is 6.91. The standard InChI is InChI=1S/C45H75O14P/c1-2-3-4-5-6-7-8-14-18-21-24-27-30-33-39(48)58-37(36-57-60(54,55)59-45-43(52)41(50)40(49)42(51)44(45)53)35-56-38(47)32-29-26-23-20-17-15-12-10-9-11-13-16-19-22-25-28-31-34-46/h4-5,7-9,11-12,15-16,19-20,23,37,40-46,49-53H,2-3,6,10,13-14,17-18,21-22,24-36H2,1H3,(H,54,55)/b5-4-,8-7-,11-9-,15-12-,19-16-,23-20-/t37-,40?,41-,42+,43-,44-,45?/m1/s1. The number of phosphoric ester groups is 1. The van der Waals surface area contributed by atoms with Crippen molar-refractivity contribution in [2.45, 2.75) is 178 Å². The van der Waals surface area contributed by atoms with Crippen LogP contribution in [0, 0.1) is 0 Å². The normalized spacial score (nSPS) is 22.9. The number of esters is 2.